The first kappa shape index (κ1) is 20.7. The van der Waals surface area contributed by atoms with Crippen molar-refractivity contribution in [3.05, 3.63) is 66.4 Å². The third-order valence-electron chi connectivity index (χ3n) is 5.62. The number of nitrogens with one attached hydrogen (secondary N) is 2. The molecule has 0 aliphatic carbocycles. The number of likely N-dealkylation sites (tertiary alicyclic amines) is 1. The third-order valence-corrected chi connectivity index (χ3v) is 5.62. The molecule has 7 nitrogen and oxygen atoms in total. The summed E-state index contributed by atoms with van der Waals surface area (Å²) in [6, 6.07) is 12.4. The highest BCUT2D eigenvalue weighted by Gasteiger charge is 2.19. The lowest BCUT2D eigenvalue weighted by molar-refractivity contribution is 0.222. The largest absolute Gasteiger partial charge is 0.436 e. The van der Waals surface area contributed by atoms with Crippen LogP contribution >= 0.6 is 0 Å². The highest BCUT2D eigenvalue weighted by atomic mass is 19.2. The van der Waals surface area contributed by atoms with Crippen molar-refractivity contribution in [2.24, 2.45) is 0 Å². The molecule has 9 heteroatoms. The molecule has 1 fully saturated rings. The molecule has 2 aromatic carbocycles. The van der Waals surface area contributed by atoms with Crippen LogP contribution in [0.5, 0.6) is 0 Å². The molecular weight excluding hydrogens is 428 g/mol. The van der Waals surface area contributed by atoms with E-state index in [9.17, 15) is 13.6 Å². The Morgan fingerprint density at radius 1 is 1.00 bits per heavy atom. The van der Waals surface area contributed by atoms with Gasteiger partial charge in [-0.05, 0) is 43.2 Å². The number of nitrogen functional groups attached to an aromatic ring is 1. The van der Waals surface area contributed by atoms with Crippen LogP contribution in [-0.4, -0.2) is 29.0 Å². The Labute approximate surface area is 188 Å². The van der Waals surface area contributed by atoms with Crippen molar-refractivity contribution in [1.29, 1.82) is 0 Å². The molecule has 0 saturated carbocycles. The number of halogens is 2. The minimum absolute atomic E-state index is 0.0958. The van der Waals surface area contributed by atoms with Gasteiger partial charge in [0.1, 0.15) is 11.4 Å². The Balaban J connectivity index is 1.42. The average Bonchev–Trinajstić information content (AvgIpc) is 3.46. The zero-order valence-corrected chi connectivity index (χ0v) is 17.6. The SMILES string of the molecule is Nc1oc2c(-c3ccc(NC(=O)N4CCCC4)cc3)nccc2c1Nc1ccc(F)c(F)c1. The van der Waals surface area contributed by atoms with Crippen LogP contribution in [0.2, 0.25) is 0 Å². The van der Waals surface area contributed by atoms with Gasteiger partial charge in [0.2, 0.25) is 5.88 Å². The lowest BCUT2D eigenvalue weighted by atomic mass is 10.1. The van der Waals surface area contributed by atoms with Crippen LogP contribution in [-0.2, 0) is 0 Å². The summed E-state index contributed by atoms with van der Waals surface area (Å²) in [6.07, 6.45) is 3.68. The molecule has 4 aromatic rings. The number of benzene rings is 2. The van der Waals surface area contributed by atoms with E-state index >= 15 is 0 Å². The maximum absolute atomic E-state index is 13.6. The van der Waals surface area contributed by atoms with Crippen molar-refractivity contribution >= 4 is 39.9 Å². The second kappa shape index (κ2) is 8.42. The van der Waals surface area contributed by atoms with E-state index < -0.39 is 11.6 Å². The minimum Gasteiger partial charge on any atom is -0.436 e. The average molecular weight is 449 g/mol. The number of pyridine rings is 1. The first-order chi connectivity index (χ1) is 16.0. The van der Waals surface area contributed by atoms with Crippen molar-refractivity contribution < 1.29 is 18.0 Å². The van der Waals surface area contributed by atoms with Crippen LogP contribution in [0.15, 0.2) is 59.1 Å². The van der Waals surface area contributed by atoms with Gasteiger partial charge in [-0.2, -0.15) is 0 Å². The fraction of sp³-hybridized carbons (Fsp3) is 0.167. The quantitative estimate of drug-likeness (QED) is 0.370. The summed E-state index contributed by atoms with van der Waals surface area (Å²) in [4.78, 5) is 18.5. The molecule has 0 bridgehead atoms. The smallest absolute Gasteiger partial charge is 0.321 e. The molecule has 0 radical (unpaired) electrons. The second-order valence-corrected chi connectivity index (χ2v) is 7.83. The number of nitrogens with two attached hydrogens (primary N) is 1. The summed E-state index contributed by atoms with van der Waals surface area (Å²) in [7, 11) is 0. The van der Waals surface area contributed by atoms with E-state index in [0.29, 0.717) is 33.7 Å². The zero-order chi connectivity index (χ0) is 22.9. The predicted octanol–water partition coefficient (Wildman–Crippen LogP) is 5.73. The van der Waals surface area contributed by atoms with Crippen LogP contribution in [0, 0.1) is 11.6 Å². The van der Waals surface area contributed by atoms with E-state index in [4.69, 9.17) is 10.2 Å². The number of aromatic nitrogens is 1. The van der Waals surface area contributed by atoms with Crippen molar-refractivity contribution in [2.75, 3.05) is 29.5 Å². The number of carbonyl (C=O) groups excluding carboxylic acids is 1. The Morgan fingerprint density at radius 2 is 1.73 bits per heavy atom. The Morgan fingerprint density at radius 3 is 2.45 bits per heavy atom. The molecule has 0 spiro atoms. The van der Waals surface area contributed by atoms with Crippen LogP contribution in [0.4, 0.5) is 36.5 Å². The maximum atomic E-state index is 13.6. The predicted molar refractivity (Wildman–Crippen MR) is 123 cm³/mol. The van der Waals surface area contributed by atoms with Crippen LogP contribution < -0.4 is 16.4 Å². The van der Waals surface area contributed by atoms with Crippen molar-refractivity contribution in [1.82, 2.24) is 9.88 Å². The maximum Gasteiger partial charge on any atom is 0.321 e. The van der Waals surface area contributed by atoms with Gasteiger partial charge in [-0.15, -0.1) is 0 Å². The molecule has 168 valence electrons. The van der Waals surface area contributed by atoms with E-state index in [0.717, 1.165) is 43.6 Å². The van der Waals surface area contributed by atoms with Gasteiger partial charge in [-0.25, -0.2) is 13.6 Å². The van der Waals surface area contributed by atoms with Gasteiger partial charge in [-0.1, -0.05) is 12.1 Å². The van der Waals surface area contributed by atoms with Gasteiger partial charge in [0.15, 0.2) is 17.2 Å². The van der Waals surface area contributed by atoms with Gasteiger partial charge in [0.05, 0.1) is 5.39 Å². The number of fused-ring (bicyclic) bond motifs is 1. The first-order valence-electron chi connectivity index (χ1n) is 10.5. The second-order valence-electron chi connectivity index (χ2n) is 7.83. The number of amides is 2. The Bertz CT molecular complexity index is 1330. The van der Waals surface area contributed by atoms with Crippen LogP contribution in [0.3, 0.4) is 0 Å². The van der Waals surface area contributed by atoms with Gasteiger partial charge < -0.3 is 25.7 Å². The van der Waals surface area contributed by atoms with Gasteiger partial charge >= 0.3 is 6.03 Å². The normalized spacial score (nSPS) is 13.5. The molecule has 33 heavy (non-hydrogen) atoms. The molecule has 5 rings (SSSR count). The molecule has 0 unspecified atom stereocenters. The summed E-state index contributed by atoms with van der Waals surface area (Å²) < 4.78 is 32.6. The topological polar surface area (TPSA) is 96.4 Å². The molecule has 1 aliphatic heterocycles. The van der Waals surface area contributed by atoms with E-state index in [1.165, 1.54) is 6.07 Å². The number of furan rings is 1. The first-order valence-corrected chi connectivity index (χ1v) is 10.5. The number of hydrogen-bond acceptors (Lipinski definition) is 5. The van der Waals surface area contributed by atoms with E-state index in [1.54, 1.807) is 29.3 Å². The van der Waals surface area contributed by atoms with E-state index in [1.807, 2.05) is 12.1 Å². The number of carbonyl (C=O) groups is 1. The van der Waals surface area contributed by atoms with Crippen molar-refractivity contribution in [2.45, 2.75) is 12.8 Å². The highest BCUT2D eigenvalue weighted by Crippen LogP contribution is 2.39. The summed E-state index contributed by atoms with van der Waals surface area (Å²) in [6.45, 7) is 1.55. The monoisotopic (exact) mass is 449 g/mol. The summed E-state index contributed by atoms with van der Waals surface area (Å²) in [5.74, 6) is -1.80. The Hall–Kier alpha value is -4.14. The summed E-state index contributed by atoms with van der Waals surface area (Å²) in [5, 5.41) is 6.55. The highest BCUT2D eigenvalue weighted by molar-refractivity contribution is 6.03. The van der Waals surface area contributed by atoms with Crippen LogP contribution in [0.25, 0.3) is 22.2 Å². The number of anilines is 4. The number of rotatable bonds is 4. The van der Waals surface area contributed by atoms with Gasteiger partial charge in [-0.3, -0.25) is 4.98 Å². The van der Waals surface area contributed by atoms with Crippen molar-refractivity contribution in [3.8, 4) is 11.3 Å². The van der Waals surface area contributed by atoms with E-state index in [-0.39, 0.29) is 11.9 Å². The molecule has 2 amide bonds. The fourth-order valence-corrected chi connectivity index (χ4v) is 3.93. The molecule has 1 saturated heterocycles. The lowest BCUT2D eigenvalue weighted by Gasteiger charge is -2.16. The molecule has 4 N–H and O–H groups in total. The minimum atomic E-state index is -0.967. The molecule has 2 aromatic heterocycles. The molecule has 1 aliphatic rings. The van der Waals surface area contributed by atoms with Gasteiger partial charge in [0.25, 0.3) is 0 Å². The van der Waals surface area contributed by atoms with Gasteiger partial charge in [0, 0.05) is 42.3 Å². The number of nitrogens with zero attached hydrogens (tertiary/aromatic N) is 2. The number of hydrogen-bond donors (Lipinski definition) is 3. The third kappa shape index (κ3) is 4.05. The molecular formula is C24H21F2N5O2. The van der Waals surface area contributed by atoms with Crippen LogP contribution in [0.1, 0.15) is 12.8 Å². The summed E-state index contributed by atoms with van der Waals surface area (Å²) in [5.41, 5.74) is 9.32. The van der Waals surface area contributed by atoms with Crippen molar-refractivity contribution in [3.63, 3.8) is 0 Å². The fourth-order valence-electron chi connectivity index (χ4n) is 3.93. The zero-order valence-electron chi connectivity index (χ0n) is 17.6. The summed E-state index contributed by atoms with van der Waals surface area (Å²) >= 11 is 0. The Kier molecular flexibility index (Phi) is 5.29. The molecule has 0 atom stereocenters. The molecule has 3 heterocycles. The standard InChI is InChI=1S/C24H21F2N5O2/c25-18-8-7-16(13-19(18)26)29-21-17-9-10-28-20(22(17)33-23(21)27)14-3-5-15(6-4-14)30-24(32)31-11-1-2-12-31/h3-10,13,29H,1-2,11-12,27H2,(H,30,32). The lowest BCUT2D eigenvalue weighted by Crippen LogP contribution is -2.32. The number of urea groups is 1. The van der Waals surface area contributed by atoms with E-state index in [2.05, 4.69) is 15.6 Å².